The van der Waals surface area contributed by atoms with Crippen molar-refractivity contribution in [2.45, 2.75) is 32.4 Å². The molecule has 6 nitrogen and oxygen atoms in total. The van der Waals surface area contributed by atoms with Gasteiger partial charge in [0.2, 0.25) is 0 Å². The van der Waals surface area contributed by atoms with Crippen LogP contribution in [-0.2, 0) is 6.54 Å². The summed E-state index contributed by atoms with van der Waals surface area (Å²) in [5.74, 6) is 0.589. The molecule has 1 aromatic heterocycles. The van der Waals surface area contributed by atoms with E-state index in [1.54, 1.807) is 0 Å². The molecular weight excluding hydrogens is 378 g/mol. The molecule has 0 saturated carbocycles. The molecule has 1 aliphatic rings. The minimum absolute atomic E-state index is 0.0432. The predicted octanol–water partition coefficient (Wildman–Crippen LogP) is 3.61. The molecule has 6 heteroatoms. The van der Waals surface area contributed by atoms with Crippen molar-refractivity contribution in [1.82, 2.24) is 14.7 Å². The van der Waals surface area contributed by atoms with Gasteiger partial charge in [0.25, 0.3) is 11.5 Å². The van der Waals surface area contributed by atoms with Crippen LogP contribution in [0.2, 0.25) is 0 Å². The van der Waals surface area contributed by atoms with Crippen molar-refractivity contribution in [3.63, 3.8) is 0 Å². The fraction of sp³-hybridized carbons (Fsp3) is 0.292. The van der Waals surface area contributed by atoms with Crippen molar-refractivity contribution in [3.8, 4) is 5.75 Å². The molecular formula is C24H25N3O3. The Kier molecular flexibility index (Phi) is 5.93. The first-order chi connectivity index (χ1) is 14.6. The number of aryl methyl sites for hydroxylation is 1. The van der Waals surface area contributed by atoms with Crippen molar-refractivity contribution in [2.24, 2.45) is 0 Å². The Morgan fingerprint density at radius 1 is 1.07 bits per heavy atom. The molecule has 0 unspecified atom stereocenters. The van der Waals surface area contributed by atoms with E-state index in [9.17, 15) is 9.59 Å². The van der Waals surface area contributed by atoms with Crippen LogP contribution in [0.3, 0.4) is 0 Å². The fourth-order valence-corrected chi connectivity index (χ4v) is 3.78. The molecule has 0 spiro atoms. The molecule has 1 fully saturated rings. The zero-order valence-electron chi connectivity index (χ0n) is 17.0. The summed E-state index contributed by atoms with van der Waals surface area (Å²) in [6.45, 7) is 3.31. The molecule has 4 rings (SSSR count). The van der Waals surface area contributed by atoms with Crippen LogP contribution in [-0.4, -0.2) is 33.7 Å². The molecule has 0 radical (unpaired) electrons. The van der Waals surface area contributed by atoms with E-state index in [1.807, 2.05) is 35.2 Å². The topological polar surface area (TPSA) is 64.4 Å². The number of aromatic nitrogens is 2. The van der Waals surface area contributed by atoms with Gasteiger partial charge in [-0.15, -0.1) is 0 Å². The van der Waals surface area contributed by atoms with Crippen LogP contribution in [0, 0.1) is 6.92 Å². The molecule has 30 heavy (non-hydrogen) atoms. The van der Waals surface area contributed by atoms with Gasteiger partial charge in [-0.2, -0.15) is 5.10 Å². The van der Waals surface area contributed by atoms with Crippen LogP contribution in [0.4, 0.5) is 0 Å². The van der Waals surface area contributed by atoms with Crippen molar-refractivity contribution < 1.29 is 9.53 Å². The summed E-state index contributed by atoms with van der Waals surface area (Å²) in [5, 5.41) is 4.32. The molecule has 1 amide bonds. The van der Waals surface area contributed by atoms with Crippen LogP contribution in [0.25, 0.3) is 0 Å². The Hall–Kier alpha value is -3.41. The van der Waals surface area contributed by atoms with Crippen LogP contribution >= 0.6 is 0 Å². The van der Waals surface area contributed by atoms with Gasteiger partial charge in [0.05, 0.1) is 12.6 Å². The highest BCUT2D eigenvalue weighted by molar-refractivity contribution is 5.92. The summed E-state index contributed by atoms with van der Waals surface area (Å²) < 4.78 is 6.95. The third kappa shape index (κ3) is 4.43. The molecule has 2 aromatic carbocycles. The van der Waals surface area contributed by atoms with Crippen LogP contribution in [0.15, 0.2) is 71.5 Å². The molecule has 0 aliphatic carbocycles. The number of nitrogens with zero attached hydrogens (tertiary/aromatic N) is 3. The fourth-order valence-electron chi connectivity index (χ4n) is 3.78. The van der Waals surface area contributed by atoms with Crippen molar-refractivity contribution in [1.29, 1.82) is 0 Å². The molecule has 3 aromatic rings. The van der Waals surface area contributed by atoms with E-state index >= 15 is 0 Å². The molecule has 1 aliphatic heterocycles. The van der Waals surface area contributed by atoms with Gasteiger partial charge in [-0.05, 0) is 43.5 Å². The quantitative estimate of drug-likeness (QED) is 0.631. The Labute approximate surface area is 175 Å². The van der Waals surface area contributed by atoms with Crippen LogP contribution in [0.5, 0.6) is 5.75 Å². The number of ether oxygens (including phenoxy) is 1. The number of likely N-dealkylation sites (tertiary alicyclic amines) is 1. The number of carbonyl (C=O) groups excluding carboxylic acids is 1. The molecule has 1 saturated heterocycles. The third-order valence-electron chi connectivity index (χ3n) is 5.38. The second-order valence-electron chi connectivity index (χ2n) is 7.51. The number of amides is 1. The summed E-state index contributed by atoms with van der Waals surface area (Å²) in [7, 11) is 0. The number of hydrogen-bond donors (Lipinski definition) is 0. The second-order valence-corrected chi connectivity index (χ2v) is 7.51. The van der Waals surface area contributed by atoms with Gasteiger partial charge < -0.3 is 9.64 Å². The lowest BCUT2D eigenvalue weighted by Crippen LogP contribution is -2.34. The van der Waals surface area contributed by atoms with E-state index in [-0.39, 0.29) is 29.7 Å². The van der Waals surface area contributed by atoms with Gasteiger partial charge in [-0.3, -0.25) is 9.59 Å². The Bertz CT molecular complexity index is 1060. The first-order valence-corrected chi connectivity index (χ1v) is 10.3. The van der Waals surface area contributed by atoms with Gasteiger partial charge in [-0.25, -0.2) is 4.68 Å². The zero-order valence-corrected chi connectivity index (χ0v) is 17.0. The Morgan fingerprint density at radius 2 is 1.83 bits per heavy atom. The monoisotopic (exact) mass is 403 g/mol. The summed E-state index contributed by atoms with van der Waals surface area (Å²) in [6.07, 6.45) is 1.88. The van der Waals surface area contributed by atoms with E-state index in [0.717, 1.165) is 24.2 Å². The average molecular weight is 403 g/mol. The smallest absolute Gasteiger partial charge is 0.274 e. The highest BCUT2D eigenvalue weighted by atomic mass is 16.5. The maximum atomic E-state index is 13.2. The Balaban J connectivity index is 1.47. The second kappa shape index (κ2) is 8.95. The maximum absolute atomic E-state index is 13.2. The van der Waals surface area contributed by atoms with Gasteiger partial charge in [-0.1, -0.05) is 48.0 Å². The van der Waals surface area contributed by atoms with E-state index in [1.165, 1.54) is 22.4 Å². The van der Waals surface area contributed by atoms with E-state index < -0.39 is 0 Å². The molecule has 1 atom stereocenters. The van der Waals surface area contributed by atoms with E-state index in [2.05, 4.69) is 36.3 Å². The molecule has 154 valence electrons. The van der Waals surface area contributed by atoms with Crippen LogP contribution in [0.1, 0.15) is 40.5 Å². The van der Waals surface area contributed by atoms with E-state index in [4.69, 9.17) is 4.74 Å². The number of hydrogen-bond acceptors (Lipinski definition) is 4. The van der Waals surface area contributed by atoms with Crippen LogP contribution < -0.4 is 10.3 Å². The first kappa shape index (κ1) is 19.9. The highest BCUT2D eigenvalue weighted by Gasteiger charge is 2.31. The number of rotatable bonds is 6. The summed E-state index contributed by atoms with van der Waals surface area (Å²) in [6, 6.07) is 20.7. The van der Waals surface area contributed by atoms with Gasteiger partial charge in [0.1, 0.15) is 18.1 Å². The highest BCUT2D eigenvalue weighted by Crippen LogP contribution is 2.32. The number of carbonyl (C=O) groups is 1. The summed E-state index contributed by atoms with van der Waals surface area (Å²) in [4.78, 5) is 27.2. The normalized spacial score (nSPS) is 15.9. The van der Waals surface area contributed by atoms with Gasteiger partial charge in [0.15, 0.2) is 0 Å². The molecule has 2 heterocycles. The molecule has 0 N–H and O–H groups in total. The zero-order chi connectivity index (χ0) is 20.9. The Morgan fingerprint density at radius 3 is 2.60 bits per heavy atom. The van der Waals surface area contributed by atoms with Crippen molar-refractivity contribution in [2.75, 3.05) is 13.2 Å². The maximum Gasteiger partial charge on any atom is 0.274 e. The van der Waals surface area contributed by atoms with Crippen molar-refractivity contribution >= 4 is 5.91 Å². The minimum atomic E-state index is -0.250. The van der Waals surface area contributed by atoms with Gasteiger partial charge in [0, 0.05) is 12.6 Å². The first-order valence-electron chi connectivity index (χ1n) is 10.3. The predicted molar refractivity (Wildman–Crippen MR) is 115 cm³/mol. The standard InChI is InChI=1S/C24H25N3O3/c1-18-9-11-19(12-10-18)22-8-5-15-26(22)24(29)21-13-14-23(28)27(25-21)16-17-30-20-6-3-2-4-7-20/h2-4,6-7,9-14,22H,5,8,15-17H2,1H3/t22-/m0/s1. The number of para-hydroxylation sites is 1. The van der Waals surface area contributed by atoms with Gasteiger partial charge >= 0.3 is 0 Å². The minimum Gasteiger partial charge on any atom is -0.492 e. The van der Waals surface area contributed by atoms with E-state index in [0.29, 0.717) is 13.2 Å². The third-order valence-corrected chi connectivity index (χ3v) is 5.38. The summed E-state index contributed by atoms with van der Waals surface area (Å²) in [5.41, 5.74) is 2.37. The largest absolute Gasteiger partial charge is 0.492 e. The lowest BCUT2D eigenvalue weighted by atomic mass is 10.0. The SMILES string of the molecule is Cc1ccc([C@@H]2CCCN2C(=O)c2ccc(=O)n(CCOc3ccccc3)n2)cc1. The summed E-state index contributed by atoms with van der Waals surface area (Å²) >= 11 is 0. The molecule has 0 bridgehead atoms. The van der Waals surface area contributed by atoms with Crippen molar-refractivity contribution in [3.05, 3.63) is 93.9 Å². The average Bonchev–Trinajstić information content (AvgIpc) is 3.26. The number of benzene rings is 2. The lowest BCUT2D eigenvalue weighted by molar-refractivity contribution is 0.0726. The lowest BCUT2D eigenvalue weighted by Gasteiger charge is -2.25.